The van der Waals surface area contributed by atoms with Gasteiger partial charge in [0.2, 0.25) is 0 Å². The minimum absolute atomic E-state index is 0.0739. The third-order valence-electron chi connectivity index (χ3n) is 2.88. The van der Waals surface area contributed by atoms with Crippen LogP contribution in [0.25, 0.3) is 21.8 Å². The van der Waals surface area contributed by atoms with E-state index in [1.54, 1.807) is 0 Å². The molecule has 0 radical (unpaired) electrons. The van der Waals surface area contributed by atoms with Crippen molar-refractivity contribution >= 4 is 38.6 Å². The molecule has 2 aromatic carbocycles. The number of rotatable bonds is 1. The maximum Gasteiger partial charge on any atom is 0.176 e. The van der Waals surface area contributed by atoms with Gasteiger partial charge in [-0.15, -0.1) is 0 Å². The van der Waals surface area contributed by atoms with Crippen LogP contribution >= 0.6 is 11.6 Å². The Hall–Kier alpha value is -2.13. The van der Waals surface area contributed by atoms with Crippen molar-refractivity contribution in [3.63, 3.8) is 0 Å². The van der Waals surface area contributed by atoms with Gasteiger partial charge in [0.25, 0.3) is 0 Å². The molecule has 3 aromatic rings. The Kier molecular flexibility index (Phi) is 2.61. The fraction of sp³-hybridized carbons (Fsp3) is 0. The number of nitrogens with zero attached hydrogens (tertiary/aromatic N) is 2. The van der Waals surface area contributed by atoms with E-state index in [9.17, 15) is 0 Å². The smallest absolute Gasteiger partial charge is 0.176 e. The number of halogens is 1. The molecule has 1 N–H and O–H groups in total. The van der Waals surface area contributed by atoms with E-state index in [1.165, 1.54) is 0 Å². The Balaban J connectivity index is 2.58. The van der Waals surface area contributed by atoms with Crippen LogP contribution < -0.4 is 0 Å². The van der Waals surface area contributed by atoms with Crippen molar-refractivity contribution in [3.8, 4) is 0 Å². The first-order valence-electron chi connectivity index (χ1n) is 5.46. The SMILES string of the molecule is O/N=C(\Cl)c1c2ccccc2nc2ccccc12. The normalized spacial score (nSPS) is 12.2. The number of aromatic nitrogens is 1. The number of benzene rings is 2. The molecule has 18 heavy (non-hydrogen) atoms. The number of pyridine rings is 1. The molecule has 3 nitrogen and oxygen atoms in total. The Morgan fingerprint density at radius 1 is 0.944 bits per heavy atom. The van der Waals surface area contributed by atoms with Crippen molar-refractivity contribution < 1.29 is 5.21 Å². The van der Waals surface area contributed by atoms with E-state index in [2.05, 4.69) is 10.1 Å². The second-order valence-electron chi connectivity index (χ2n) is 3.91. The molecule has 0 bridgehead atoms. The zero-order valence-electron chi connectivity index (χ0n) is 9.34. The maximum atomic E-state index is 8.94. The van der Waals surface area contributed by atoms with Gasteiger partial charge in [-0.05, 0) is 12.1 Å². The molecule has 0 unspecified atom stereocenters. The van der Waals surface area contributed by atoms with E-state index in [1.807, 2.05) is 48.5 Å². The van der Waals surface area contributed by atoms with Gasteiger partial charge in [0, 0.05) is 16.3 Å². The van der Waals surface area contributed by atoms with E-state index >= 15 is 0 Å². The molecule has 4 heteroatoms. The van der Waals surface area contributed by atoms with Crippen molar-refractivity contribution in [2.24, 2.45) is 5.16 Å². The summed E-state index contributed by atoms with van der Waals surface area (Å²) in [5.74, 6) is 0. The Bertz CT molecular complexity index is 714. The molecular formula is C14H9ClN2O. The van der Waals surface area contributed by atoms with E-state index in [-0.39, 0.29) is 5.17 Å². The monoisotopic (exact) mass is 256 g/mol. The van der Waals surface area contributed by atoms with Crippen LogP contribution in [0.5, 0.6) is 0 Å². The zero-order chi connectivity index (χ0) is 12.5. The van der Waals surface area contributed by atoms with Gasteiger partial charge in [0.05, 0.1) is 11.0 Å². The van der Waals surface area contributed by atoms with Crippen LogP contribution in [0.1, 0.15) is 5.56 Å². The van der Waals surface area contributed by atoms with Crippen LogP contribution in [0, 0.1) is 0 Å². The van der Waals surface area contributed by atoms with Crippen LogP contribution in [-0.2, 0) is 0 Å². The summed E-state index contributed by atoms with van der Waals surface area (Å²) in [6, 6.07) is 15.3. The third-order valence-corrected chi connectivity index (χ3v) is 3.15. The first-order valence-corrected chi connectivity index (χ1v) is 5.84. The lowest BCUT2D eigenvalue weighted by Gasteiger charge is -2.08. The van der Waals surface area contributed by atoms with Crippen molar-refractivity contribution in [2.75, 3.05) is 0 Å². The minimum Gasteiger partial charge on any atom is -0.410 e. The highest BCUT2D eigenvalue weighted by Gasteiger charge is 2.12. The molecule has 0 amide bonds. The van der Waals surface area contributed by atoms with Crippen molar-refractivity contribution in [3.05, 3.63) is 54.1 Å². The Morgan fingerprint density at radius 2 is 1.44 bits per heavy atom. The first kappa shape index (κ1) is 11.0. The molecule has 0 spiro atoms. The number of hydrogen-bond acceptors (Lipinski definition) is 3. The van der Waals surface area contributed by atoms with Crippen LogP contribution in [0.15, 0.2) is 53.7 Å². The summed E-state index contributed by atoms with van der Waals surface area (Å²) in [5, 5.41) is 13.9. The molecule has 0 saturated carbocycles. The highest BCUT2D eigenvalue weighted by atomic mass is 35.5. The molecular weight excluding hydrogens is 248 g/mol. The highest BCUT2D eigenvalue weighted by molar-refractivity contribution is 6.71. The maximum absolute atomic E-state index is 8.94. The number of para-hydroxylation sites is 2. The quantitative estimate of drug-likeness (QED) is 0.312. The van der Waals surface area contributed by atoms with E-state index in [0.717, 1.165) is 21.8 Å². The van der Waals surface area contributed by atoms with Gasteiger partial charge >= 0.3 is 0 Å². The number of oxime groups is 1. The van der Waals surface area contributed by atoms with Crippen LogP contribution in [0.2, 0.25) is 0 Å². The van der Waals surface area contributed by atoms with Gasteiger partial charge < -0.3 is 5.21 Å². The lowest BCUT2D eigenvalue weighted by atomic mass is 10.0. The molecule has 88 valence electrons. The average Bonchev–Trinajstić information content (AvgIpc) is 2.44. The first-order chi connectivity index (χ1) is 8.81. The molecule has 0 aliphatic heterocycles. The topological polar surface area (TPSA) is 45.5 Å². The van der Waals surface area contributed by atoms with Gasteiger partial charge in [0.1, 0.15) is 0 Å². The largest absolute Gasteiger partial charge is 0.410 e. The number of hydrogen-bond donors (Lipinski definition) is 1. The Labute approximate surface area is 108 Å². The van der Waals surface area contributed by atoms with Crippen molar-refractivity contribution in [1.82, 2.24) is 4.98 Å². The standard InChI is InChI=1S/C14H9ClN2O/c15-14(17-18)13-9-5-1-3-7-11(9)16-12-8-4-2-6-10(12)13/h1-8,18H/b17-14-. The van der Waals surface area contributed by atoms with Crippen LogP contribution in [0.4, 0.5) is 0 Å². The lowest BCUT2D eigenvalue weighted by Crippen LogP contribution is -1.97. The molecule has 1 heterocycles. The fourth-order valence-electron chi connectivity index (χ4n) is 2.11. The zero-order valence-corrected chi connectivity index (χ0v) is 10.1. The summed E-state index contributed by atoms with van der Waals surface area (Å²) in [5.41, 5.74) is 2.36. The van der Waals surface area contributed by atoms with Gasteiger partial charge in [-0.3, -0.25) is 0 Å². The summed E-state index contributed by atoms with van der Waals surface area (Å²) in [7, 11) is 0. The molecule has 0 saturated heterocycles. The Morgan fingerprint density at radius 3 is 1.94 bits per heavy atom. The molecule has 0 aliphatic rings. The number of fused-ring (bicyclic) bond motifs is 2. The molecule has 0 atom stereocenters. The average molecular weight is 257 g/mol. The highest BCUT2D eigenvalue weighted by Crippen LogP contribution is 2.27. The summed E-state index contributed by atoms with van der Waals surface area (Å²) in [6.07, 6.45) is 0. The molecule has 3 rings (SSSR count). The van der Waals surface area contributed by atoms with E-state index < -0.39 is 0 Å². The third kappa shape index (κ3) is 1.60. The minimum atomic E-state index is 0.0739. The lowest BCUT2D eigenvalue weighted by molar-refractivity contribution is 0.321. The predicted octanol–water partition coefficient (Wildman–Crippen LogP) is 3.76. The summed E-state index contributed by atoms with van der Waals surface area (Å²) in [6.45, 7) is 0. The van der Waals surface area contributed by atoms with Gasteiger partial charge in [0.15, 0.2) is 5.17 Å². The van der Waals surface area contributed by atoms with Gasteiger partial charge in [-0.25, -0.2) is 4.98 Å². The second-order valence-corrected chi connectivity index (χ2v) is 4.27. The van der Waals surface area contributed by atoms with Gasteiger partial charge in [-0.2, -0.15) is 0 Å². The molecule has 0 fully saturated rings. The summed E-state index contributed by atoms with van der Waals surface area (Å²) < 4.78 is 0. The van der Waals surface area contributed by atoms with Crippen molar-refractivity contribution in [2.45, 2.75) is 0 Å². The van der Waals surface area contributed by atoms with E-state index in [0.29, 0.717) is 5.56 Å². The fourth-order valence-corrected chi connectivity index (χ4v) is 2.32. The van der Waals surface area contributed by atoms with E-state index in [4.69, 9.17) is 16.8 Å². The van der Waals surface area contributed by atoms with Gasteiger partial charge in [-0.1, -0.05) is 53.2 Å². The molecule has 0 aliphatic carbocycles. The second kappa shape index (κ2) is 4.27. The summed E-state index contributed by atoms with van der Waals surface area (Å²) in [4.78, 5) is 4.56. The predicted molar refractivity (Wildman–Crippen MR) is 73.4 cm³/mol. The van der Waals surface area contributed by atoms with Crippen molar-refractivity contribution in [1.29, 1.82) is 0 Å². The van der Waals surface area contributed by atoms with Crippen LogP contribution in [0.3, 0.4) is 0 Å². The summed E-state index contributed by atoms with van der Waals surface area (Å²) >= 11 is 6.02. The van der Waals surface area contributed by atoms with Crippen LogP contribution in [-0.4, -0.2) is 15.4 Å². The molecule has 1 aromatic heterocycles.